The van der Waals surface area contributed by atoms with Crippen molar-refractivity contribution < 1.29 is 23.5 Å². The highest BCUT2D eigenvalue weighted by Crippen LogP contribution is 2.57. The molecule has 0 spiro atoms. The number of hydrogen-bond acceptors (Lipinski definition) is 4. The molecule has 5 heteroatoms. The summed E-state index contributed by atoms with van der Waals surface area (Å²) in [6, 6.07) is 10.3. The van der Waals surface area contributed by atoms with Gasteiger partial charge in [0.15, 0.2) is 0 Å². The second-order valence-electron chi connectivity index (χ2n) is 8.39. The van der Waals surface area contributed by atoms with Crippen LogP contribution >= 0.6 is 0 Å². The third kappa shape index (κ3) is 3.06. The lowest BCUT2D eigenvalue weighted by atomic mass is 9.80. The number of nitrogens with zero attached hydrogens (tertiary/aromatic N) is 1. The average molecular weight is 344 g/mol. The van der Waals surface area contributed by atoms with E-state index >= 15 is 0 Å². The van der Waals surface area contributed by atoms with Crippen LogP contribution in [0.4, 0.5) is 0 Å². The van der Waals surface area contributed by atoms with Gasteiger partial charge in [-0.1, -0.05) is 30.3 Å². The van der Waals surface area contributed by atoms with Crippen LogP contribution in [-0.4, -0.2) is 49.8 Å². The molecule has 0 N–H and O–H groups in total. The molecule has 0 amide bonds. The van der Waals surface area contributed by atoms with Gasteiger partial charge in [0.25, 0.3) is 0 Å². The summed E-state index contributed by atoms with van der Waals surface area (Å²) in [6.07, 6.45) is 1.84. The van der Waals surface area contributed by atoms with Crippen LogP contribution < -0.4 is 0 Å². The lowest BCUT2D eigenvalue weighted by molar-refractivity contribution is -0.903. The van der Waals surface area contributed by atoms with Crippen molar-refractivity contribution in [1.29, 1.82) is 0 Å². The molecule has 1 aromatic carbocycles. The average Bonchev–Trinajstić information content (AvgIpc) is 3.17. The summed E-state index contributed by atoms with van der Waals surface area (Å²) < 4.78 is 11.7. The Morgan fingerprint density at radius 2 is 2.00 bits per heavy atom. The van der Waals surface area contributed by atoms with Gasteiger partial charge in [-0.2, -0.15) is 0 Å². The fourth-order valence-corrected chi connectivity index (χ4v) is 4.97. The number of ether oxygens (including phenoxy) is 2. The Bertz CT molecular complexity index is 670. The molecule has 134 valence electrons. The van der Waals surface area contributed by atoms with Crippen molar-refractivity contribution in [2.75, 3.05) is 27.2 Å². The Morgan fingerprint density at radius 3 is 2.76 bits per heavy atom. The molecular formula is C20H26NO4+. The summed E-state index contributed by atoms with van der Waals surface area (Å²) in [5.41, 5.74) is 1.27. The number of quaternary nitrogens is 1. The van der Waals surface area contributed by atoms with E-state index in [2.05, 4.69) is 26.2 Å². The fourth-order valence-electron chi connectivity index (χ4n) is 4.97. The summed E-state index contributed by atoms with van der Waals surface area (Å²) in [4.78, 5) is 24.6. The van der Waals surface area contributed by atoms with Crippen molar-refractivity contribution in [1.82, 2.24) is 0 Å². The number of rotatable bonds is 6. The zero-order valence-electron chi connectivity index (χ0n) is 14.9. The van der Waals surface area contributed by atoms with E-state index in [1.54, 1.807) is 0 Å². The Balaban J connectivity index is 1.30. The third-order valence-corrected chi connectivity index (χ3v) is 6.15. The molecule has 1 aromatic rings. The smallest absolute Gasteiger partial charge is 0.310 e. The molecule has 1 saturated heterocycles. The molecule has 2 aliphatic carbocycles. The van der Waals surface area contributed by atoms with Crippen molar-refractivity contribution in [3.05, 3.63) is 35.9 Å². The van der Waals surface area contributed by atoms with Crippen LogP contribution in [0.15, 0.2) is 30.3 Å². The normalized spacial score (nSPS) is 32.7. The number of likely N-dealkylation sites (N-methyl/N-ethyl adjacent to an activating group) is 1. The second kappa shape index (κ2) is 6.13. The van der Waals surface area contributed by atoms with Crippen LogP contribution in [0.25, 0.3) is 0 Å². The fraction of sp³-hybridized carbons (Fsp3) is 0.600. The van der Waals surface area contributed by atoms with Gasteiger partial charge in [0.05, 0.1) is 25.9 Å². The second-order valence-corrected chi connectivity index (χ2v) is 8.39. The largest absolute Gasteiger partial charge is 0.462 e. The van der Waals surface area contributed by atoms with Crippen LogP contribution in [0.2, 0.25) is 0 Å². The minimum atomic E-state index is -0.277. The van der Waals surface area contributed by atoms with Crippen molar-refractivity contribution >= 4 is 11.9 Å². The minimum Gasteiger partial charge on any atom is -0.462 e. The maximum Gasteiger partial charge on any atom is 0.310 e. The highest BCUT2D eigenvalue weighted by Gasteiger charge is 2.64. The molecule has 2 bridgehead atoms. The predicted octanol–water partition coefficient (Wildman–Crippen LogP) is 2.00. The summed E-state index contributed by atoms with van der Waals surface area (Å²) in [6.45, 7) is 2.03. The van der Waals surface area contributed by atoms with E-state index in [1.807, 2.05) is 18.2 Å². The Labute approximate surface area is 148 Å². The van der Waals surface area contributed by atoms with Gasteiger partial charge >= 0.3 is 11.9 Å². The van der Waals surface area contributed by atoms with Gasteiger partial charge in [-0.05, 0) is 18.8 Å². The molecule has 3 fully saturated rings. The third-order valence-electron chi connectivity index (χ3n) is 6.15. The van der Waals surface area contributed by atoms with Crippen molar-refractivity contribution in [2.45, 2.75) is 25.5 Å². The topological polar surface area (TPSA) is 52.6 Å². The first kappa shape index (κ1) is 16.6. The Hall–Kier alpha value is -1.88. The molecule has 1 heterocycles. The highest BCUT2D eigenvalue weighted by atomic mass is 16.6. The van der Waals surface area contributed by atoms with Crippen molar-refractivity contribution in [3.8, 4) is 0 Å². The van der Waals surface area contributed by atoms with Gasteiger partial charge in [-0.15, -0.1) is 0 Å². The van der Waals surface area contributed by atoms with E-state index < -0.39 is 0 Å². The first-order chi connectivity index (χ1) is 11.9. The van der Waals surface area contributed by atoms with Crippen LogP contribution in [0, 0.1) is 23.7 Å². The number of fused-ring (bicyclic) bond motifs is 1. The van der Waals surface area contributed by atoms with Gasteiger partial charge in [0, 0.05) is 11.5 Å². The predicted molar refractivity (Wildman–Crippen MR) is 91.2 cm³/mol. The van der Waals surface area contributed by atoms with Crippen LogP contribution in [0.3, 0.4) is 0 Å². The Morgan fingerprint density at radius 1 is 1.24 bits per heavy atom. The van der Waals surface area contributed by atoms with Crippen molar-refractivity contribution in [3.63, 3.8) is 0 Å². The molecule has 2 saturated carbocycles. The zero-order chi connectivity index (χ0) is 17.6. The molecule has 25 heavy (non-hydrogen) atoms. The van der Waals surface area contributed by atoms with E-state index in [1.165, 1.54) is 5.56 Å². The zero-order valence-corrected chi connectivity index (χ0v) is 14.9. The van der Waals surface area contributed by atoms with Gasteiger partial charge in [-0.25, -0.2) is 0 Å². The standard InChI is InChI=1S/C20H26NO4/c1-21(2,12-13-6-4-3-5-7-13)8-9-24-19(22)17-14-10-15-16(11-14)25-20(23)18(15)17/h3-7,14-18H,8-12H2,1-2H3/q+1/t14-,15+,16-,17-,18+/m1/s1. The molecule has 0 radical (unpaired) electrons. The molecule has 5 atom stereocenters. The molecular weight excluding hydrogens is 318 g/mol. The van der Waals surface area contributed by atoms with Crippen LogP contribution in [-0.2, 0) is 25.6 Å². The van der Waals surface area contributed by atoms with Crippen molar-refractivity contribution in [2.24, 2.45) is 23.7 Å². The number of carbonyl (C=O) groups is 2. The first-order valence-corrected chi connectivity index (χ1v) is 9.18. The Kier molecular flexibility index (Phi) is 4.07. The van der Waals surface area contributed by atoms with E-state index in [0.29, 0.717) is 6.61 Å². The summed E-state index contributed by atoms with van der Waals surface area (Å²) in [7, 11) is 4.27. The molecule has 0 aromatic heterocycles. The number of esters is 2. The van der Waals surface area contributed by atoms with Gasteiger partial charge in [-0.3, -0.25) is 9.59 Å². The van der Waals surface area contributed by atoms with E-state index in [-0.39, 0.29) is 41.7 Å². The maximum absolute atomic E-state index is 12.6. The molecule has 0 unspecified atom stereocenters. The summed E-state index contributed by atoms with van der Waals surface area (Å²) in [5, 5.41) is 0. The van der Waals surface area contributed by atoms with Crippen LogP contribution in [0.5, 0.6) is 0 Å². The highest BCUT2D eigenvalue weighted by molar-refractivity contribution is 5.85. The quantitative estimate of drug-likeness (QED) is 0.585. The van der Waals surface area contributed by atoms with Gasteiger partial charge in [0.2, 0.25) is 0 Å². The van der Waals surface area contributed by atoms with Gasteiger partial charge in [0.1, 0.15) is 25.8 Å². The van der Waals surface area contributed by atoms with Crippen LogP contribution in [0.1, 0.15) is 18.4 Å². The summed E-state index contributed by atoms with van der Waals surface area (Å²) in [5.74, 6) is -0.387. The lowest BCUT2D eigenvalue weighted by Crippen LogP contribution is -2.42. The van der Waals surface area contributed by atoms with Gasteiger partial charge < -0.3 is 14.0 Å². The monoisotopic (exact) mass is 344 g/mol. The number of carbonyl (C=O) groups excluding carboxylic acids is 2. The summed E-state index contributed by atoms with van der Waals surface area (Å²) >= 11 is 0. The molecule has 1 aliphatic heterocycles. The maximum atomic E-state index is 12.6. The SMILES string of the molecule is C[N+](C)(CCOC(=O)[C@@H]1[C@@H]2C[C@@H]3[C@@H]1C(=O)O[C@@H]3C2)Cc1ccccc1. The lowest BCUT2D eigenvalue weighted by Gasteiger charge is -2.30. The first-order valence-electron chi connectivity index (χ1n) is 9.18. The molecule has 3 aliphatic rings. The number of hydrogen-bond donors (Lipinski definition) is 0. The molecule has 5 nitrogen and oxygen atoms in total. The minimum absolute atomic E-state index is 0.0630. The van der Waals surface area contributed by atoms with E-state index in [9.17, 15) is 9.59 Å². The van der Waals surface area contributed by atoms with E-state index in [4.69, 9.17) is 9.47 Å². The number of benzene rings is 1. The molecule has 4 rings (SSSR count). The van der Waals surface area contributed by atoms with E-state index in [0.717, 1.165) is 30.4 Å².